The largest absolute Gasteiger partial charge is 0.469 e. The lowest BCUT2D eigenvalue weighted by Crippen LogP contribution is -2.34. The Morgan fingerprint density at radius 1 is 1.00 bits per heavy atom. The van der Waals surface area contributed by atoms with E-state index in [2.05, 4.69) is 4.52 Å². The molecule has 0 saturated heterocycles. The van der Waals surface area contributed by atoms with Crippen molar-refractivity contribution in [2.45, 2.75) is 10.3 Å². The summed E-state index contributed by atoms with van der Waals surface area (Å²) in [5.74, 6) is 0. The molecule has 0 aromatic heterocycles. The molecule has 4 nitrogen and oxygen atoms in total. The van der Waals surface area contributed by atoms with Gasteiger partial charge in [0.1, 0.15) is 4.87 Å². The molecule has 0 amide bonds. The summed E-state index contributed by atoms with van der Waals surface area (Å²) in [6.07, 6.45) is 0. The van der Waals surface area contributed by atoms with Crippen LogP contribution in [0.1, 0.15) is 11.1 Å². The van der Waals surface area contributed by atoms with Gasteiger partial charge < -0.3 is 9.79 Å². The first-order valence-electron chi connectivity index (χ1n) is 6.48. The number of phosphoric acid groups is 1. The maximum Gasteiger partial charge on any atom is 0.469 e. The number of hydrogen-bond donors (Lipinski definition) is 2. The predicted octanol–water partition coefficient (Wildman–Crippen LogP) is 3.89. The monoisotopic (exact) mass is 360 g/mol. The highest BCUT2D eigenvalue weighted by Crippen LogP contribution is 2.45. The van der Waals surface area contributed by atoms with Gasteiger partial charge in [0.15, 0.2) is 0 Å². The molecule has 22 heavy (non-hydrogen) atoms. The van der Waals surface area contributed by atoms with Crippen LogP contribution in [0.15, 0.2) is 60.7 Å². The van der Waals surface area contributed by atoms with E-state index in [1.807, 2.05) is 60.7 Å². The molecule has 2 N–H and O–H groups in total. The van der Waals surface area contributed by atoms with E-state index in [0.29, 0.717) is 0 Å². The maximum absolute atomic E-state index is 10.9. The Morgan fingerprint density at radius 3 is 1.77 bits per heavy atom. The van der Waals surface area contributed by atoms with Gasteiger partial charge in [-0.2, -0.15) is 0 Å². The van der Waals surface area contributed by atoms with E-state index in [4.69, 9.17) is 33.0 Å². The Morgan fingerprint density at radius 2 is 1.41 bits per heavy atom. The summed E-state index contributed by atoms with van der Waals surface area (Å²) >= 11 is 13.2. The second-order valence-corrected chi connectivity index (χ2v) is 7.06. The Labute approximate surface area is 138 Å². The second kappa shape index (κ2) is 7.14. The quantitative estimate of drug-likeness (QED) is 0.605. The Bertz CT molecular complexity index is 606. The van der Waals surface area contributed by atoms with Crippen LogP contribution in [-0.2, 0) is 14.0 Å². The smallest absolute Gasteiger partial charge is 0.303 e. The van der Waals surface area contributed by atoms with Crippen molar-refractivity contribution in [1.29, 1.82) is 0 Å². The van der Waals surface area contributed by atoms with Gasteiger partial charge in [-0.25, -0.2) is 4.57 Å². The Balaban J connectivity index is 2.40. The van der Waals surface area contributed by atoms with Crippen molar-refractivity contribution in [3.05, 3.63) is 71.8 Å². The Hall–Kier alpha value is -0.870. The lowest BCUT2D eigenvalue weighted by molar-refractivity contribution is 0.192. The molecule has 0 heterocycles. The fourth-order valence-electron chi connectivity index (χ4n) is 2.17. The molecule has 2 aromatic rings. The van der Waals surface area contributed by atoms with Crippen LogP contribution < -0.4 is 0 Å². The lowest BCUT2D eigenvalue weighted by Gasteiger charge is -2.32. The van der Waals surface area contributed by atoms with E-state index in [9.17, 15) is 4.57 Å². The molecule has 7 heteroatoms. The van der Waals surface area contributed by atoms with Gasteiger partial charge in [0.25, 0.3) is 0 Å². The van der Waals surface area contributed by atoms with Crippen LogP contribution in [0.3, 0.4) is 0 Å². The third-order valence-electron chi connectivity index (χ3n) is 3.21. The van der Waals surface area contributed by atoms with Crippen LogP contribution in [0, 0.1) is 0 Å². The zero-order valence-corrected chi connectivity index (χ0v) is 13.9. The minimum absolute atomic E-state index is 0.390. The number of halogens is 2. The third kappa shape index (κ3) is 4.11. The molecule has 2 aromatic carbocycles. The standard InChI is InChI=1S/C15H15Cl2O4P/c16-14(11-21-22(18,19)20)15(17,12-7-3-1-4-8-12)13-9-5-2-6-10-13/h1-10,14H,11H2,(H2,18,19,20). The number of hydrogen-bond acceptors (Lipinski definition) is 2. The van der Waals surface area contributed by atoms with Gasteiger partial charge in [-0.05, 0) is 11.1 Å². The second-order valence-electron chi connectivity index (χ2n) is 4.70. The first-order valence-corrected chi connectivity index (χ1v) is 8.82. The van der Waals surface area contributed by atoms with E-state index in [1.165, 1.54) is 0 Å². The molecule has 0 aliphatic heterocycles. The van der Waals surface area contributed by atoms with Crippen molar-refractivity contribution >= 4 is 31.0 Å². The summed E-state index contributed by atoms with van der Waals surface area (Å²) in [6, 6.07) is 18.2. The molecule has 0 spiro atoms. The molecule has 0 bridgehead atoms. The van der Waals surface area contributed by atoms with Gasteiger partial charge in [0, 0.05) is 0 Å². The van der Waals surface area contributed by atoms with Crippen molar-refractivity contribution in [3.8, 4) is 0 Å². The fourth-order valence-corrected chi connectivity index (χ4v) is 3.23. The summed E-state index contributed by atoms with van der Waals surface area (Å²) in [7, 11) is -4.62. The summed E-state index contributed by atoms with van der Waals surface area (Å²) < 4.78 is 15.4. The highest BCUT2D eigenvalue weighted by atomic mass is 35.5. The number of phosphoric ester groups is 1. The van der Waals surface area contributed by atoms with Crippen molar-refractivity contribution in [2.24, 2.45) is 0 Å². The minimum atomic E-state index is -4.62. The molecule has 0 radical (unpaired) electrons. The van der Waals surface area contributed by atoms with Crippen LogP contribution in [0.4, 0.5) is 0 Å². The SMILES string of the molecule is O=P(O)(O)OCC(Cl)C(Cl)(c1ccccc1)c1ccccc1. The van der Waals surface area contributed by atoms with Crippen molar-refractivity contribution < 1.29 is 18.9 Å². The summed E-state index contributed by atoms with van der Waals surface area (Å²) in [5, 5.41) is -0.883. The average molecular weight is 361 g/mol. The molecule has 0 saturated carbocycles. The van der Waals surface area contributed by atoms with Gasteiger partial charge >= 0.3 is 7.82 Å². The molecule has 0 aliphatic carbocycles. The molecular weight excluding hydrogens is 346 g/mol. The average Bonchev–Trinajstić information content (AvgIpc) is 2.52. The van der Waals surface area contributed by atoms with E-state index in [0.717, 1.165) is 11.1 Å². The van der Waals surface area contributed by atoms with E-state index >= 15 is 0 Å². The highest BCUT2D eigenvalue weighted by Gasteiger charge is 2.40. The van der Waals surface area contributed by atoms with Crippen LogP contribution in [-0.4, -0.2) is 21.8 Å². The molecule has 0 aliphatic rings. The normalized spacial score (nSPS) is 13.8. The zero-order valence-electron chi connectivity index (χ0n) is 11.5. The minimum Gasteiger partial charge on any atom is -0.303 e. The van der Waals surface area contributed by atoms with Gasteiger partial charge in [0.05, 0.1) is 12.0 Å². The van der Waals surface area contributed by atoms with Gasteiger partial charge in [-0.1, -0.05) is 60.7 Å². The number of alkyl halides is 2. The first kappa shape index (κ1) is 17.5. The number of rotatable bonds is 6. The third-order valence-corrected chi connectivity index (χ3v) is 4.96. The highest BCUT2D eigenvalue weighted by molar-refractivity contribution is 7.46. The van der Waals surface area contributed by atoms with Crippen LogP contribution in [0.2, 0.25) is 0 Å². The number of benzene rings is 2. The summed E-state index contributed by atoms with van der Waals surface area (Å²) in [4.78, 5) is 16.6. The van der Waals surface area contributed by atoms with Gasteiger partial charge in [-0.15, -0.1) is 23.2 Å². The Kier molecular flexibility index (Phi) is 5.67. The molecular formula is C15H15Cl2O4P. The van der Waals surface area contributed by atoms with E-state index < -0.39 is 18.1 Å². The predicted molar refractivity (Wildman–Crippen MR) is 87.2 cm³/mol. The van der Waals surface area contributed by atoms with E-state index in [1.54, 1.807) is 0 Å². The van der Waals surface area contributed by atoms with Crippen LogP contribution in [0.5, 0.6) is 0 Å². The molecule has 118 valence electrons. The van der Waals surface area contributed by atoms with Gasteiger partial charge in [0.2, 0.25) is 0 Å². The van der Waals surface area contributed by atoms with Crippen LogP contribution in [0.25, 0.3) is 0 Å². The zero-order chi connectivity index (χ0) is 16.2. The van der Waals surface area contributed by atoms with Gasteiger partial charge in [-0.3, -0.25) is 4.52 Å². The molecule has 1 unspecified atom stereocenters. The molecule has 1 atom stereocenters. The first-order chi connectivity index (χ1) is 10.3. The molecule has 0 fully saturated rings. The fraction of sp³-hybridized carbons (Fsp3) is 0.200. The lowest BCUT2D eigenvalue weighted by atomic mass is 9.87. The summed E-state index contributed by atoms with van der Waals surface area (Å²) in [6.45, 7) is -0.390. The van der Waals surface area contributed by atoms with Crippen molar-refractivity contribution in [2.75, 3.05) is 6.61 Å². The topological polar surface area (TPSA) is 66.8 Å². The van der Waals surface area contributed by atoms with Crippen LogP contribution >= 0.6 is 31.0 Å². The molecule has 2 rings (SSSR count). The van der Waals surface area contributed by atoms with Crippen molar-refractivity contribution in [1.82, 2.24) is 0 Å². The van der Waals surface area contributed by atoms with E-state index in [-0.39, 0.29) is 6.61 Å². The summed E-state index contributed by atoms with van der Waals surface area (Å²) in [5.41, 5.74) is 1.44. The maximum atomic E-state index is 10.9. The van der Waals surface area contributed by atoms with Crippen molar-refractivity contribution in [3.63, 3.8) is 0 Å².